The van der Waals surface area contributed by atoms with Crippen LogP contribution in [0.25, 0.3) is 0 Å². The van der Waals surface area contributed by atoms with Crippen LogP contribution in [-0.2, 0) is 10.0 Å². The molecule has 1 aliphatic rings. The van der Waals surface area contributed by atoms with Crippen molar-refractivity contribution in [1.29, 1.82) is 0 Å². The van der Waals surface area contributed by atoms with Crippen molar-refractivity contribution in [3.63, 3.8) is 0 Å². The van der Waals surface area contributed by atoms with E-state index in [2.05, 4.69) is 9.72 Å². The Hall–Kier alpha value is -2.51. The summed E-state index contributed by atoms with van der Waals surface area (Å²) in [6.07, 6.45) is -3.58. The lowest BCUT2D eigenvalue weighted by Gasteiger charge is -2.34. The first-order chi connectivity index (χ1) is 14.9. The number of rotatable bonds is 5. The van der Waals surface area contributed by atoms with Crippen LogP contribution >= 0.6 is 11.6 Å². The van der Waals surface area contributed by atoms with Crippen LogP contribution in [0.5, 0.6) is 5.88 Å². The van der Waals surface area contributed by atoms with Gasteiger partial charge in [0.05, 0.1) is 10.5 Å². The van der Waals surface area contributed by atoms with E-state index in [9.17, 15) is 35.2 Å². The van der Waals surface area contributed by atoms with Gasteiger partial charge in [0.1, 0.15) is 5.02 Å². The van der Waals surface area contributed by atoms with E-state index >= 15 is 0 Å². The van der Waals surface area contributed by atoms with Gasteiger partial charge in [-0.1, -0.05) is 11.6 Å². The van der Waals surface area contributed by atoms with Gasteiger partial charge in [-0.15, -0.1) is 0 Å². The molecule has 174 valence electrons. The molecular weight excluding hydrogens is 485 g/mol. The molecule has 0 bridgehead atoms. The van der Waals surface area contributed by atoms with Crippen molar-refractivity contribution >= 4 is 27.5 Å². The molecule has 0 spiro atoms. The Labute approximate surface area is 184 Å². The molecule has 2 aromatic rings. The minimum absolute atomic E-state index is 0.0220. The number of amides is 1. The van der Waals surface area contributed by atoms with E-state index in [1.54, 1.807) is 0 Å². The van der Waals surface area contributed by atoms with Crippen LogP contribution < -0.4 is 4.74 Å². The molecule has 1 amide bonds. The molecule has 0 aliphatic carbocycles. The average molecular weight is 500 g/mol. The molecule has 0 radical (unpaired) electrons. The van der Waals surface area contributed by atoms with Crippen molar-refractivity contribution in [2.45, 2.75) is 11.1 Å². The molecule has 1 aliphatic heterocycles. The Morgan fingerprint density at radius 1 is 1.09 bits per heavy atom. The van der Waals surface area contributed by atoms with Crippen LogP contribution in [0, 0.1) is 11.6 Å². The first kappa shape index (κ1) is 24.1. The fraction of sp³-hybridized carbons (Fsp3) is 0.333. The number of alkyl halides is 3. The third kappa shape index (κ3) is 5.45. The highest BCUT2D eigenvalue weighted by molar-refractivity contribution is 7.89. The highest BCUT2D eigenvalue weighted by atomic mass is 35.5. The predicted molar refractivity (Wildman–Crippen MR) is 102 cm³/mol. The number of ether oxygens (including phenoxy) is 1. The van der Waals surface area contributed by atoms with E-state index in [0.717, 1.165) is 22.6 Å². The maximum Gasteiger partial charge on any atom is 0.422 e. The molecule has 2 heterocycles. The van der Waals surface area contributed by atoms with Gasteiger partial charge in [-0.25, -0.2) is 22.2 Å². The van der Waals surface area contributed by atoms with E-state index in [0.29, 0.717) is 12.1 Å². The van der Waals surface area contributed by atoms with Gasteiger partial charge in [-0.2, -0.15) is 17.5 Å². The van der Waals surface area contributed by atoms with Gasteiger partial charge in [-0.05, 0) is 24.3 Å². The summed E-state index contributed by atoms with van der Waals surface area (Å²) in [5, 5.41) is -0.292. The van der Waals surface area contributed by atoms with Gasteiger partial charge in [0.2, 0.25) is 15.9 Å². The molecule has 7 nitrogen and oxygen atoms in total. The lowest BCUT2D eigenvalue weighted by Crippen LogP contribution is -2.50. The molecule has 1 aromatic carbocycles. The minimum atomic E-state index is -4.58. The summed E-state index contributed by atoms with van der Waals surface area (Å²) in [5.74, 6) is -3.52. The van der Waals surface area contributed by atoms with Crippen LogP contribution in [0.4, 0.5) is 22.0 Å². The monoisotopic (exact) mass is 499 g/mol. The highest BCUT2D eigenvalue weighted by Crippen LogP contribution is 2.26. The standard InChI is InChI=1S/C18H15ClF5N3O4S/c19-13-7-11(9-25-16(13)31-10-18(22,23)24)17(28)26-3-5-27(6-4-26)32(29,30)12-1-2-14(20)15(21)8-12/h1-2,7-9H,3-6,10H2. The maximum absolute atomic E-state index is 13.4. The van der Waals surface area contributed by atoms with Gasteiger partial charge in [0.15, 0.2) is 18.2 Å². The molecule has 1 saturated heterocycles. The largest absolute Gasteiger partial charge is 0.467 e. The zero-order valence-corrected chi connectivity index (χ0v) is 17.6. The fourth-order valence-electron chi connectivity index (χ4n) is 2.90. The maximum atomic E-state index is 13.4. The van der Waals surface area contributed by atoms with Crippen LogP contribution in [0.3, 0.4) is 0 Å². The number of hydrogen-bond acceptors (Lipinski definition) is 5. The molecule has 32 heavy (non-hydrogen) atoms. The molecule has 1 fully saturated rings. The normalized spacial score (nSPS) is 15.6. The number of pyridine rings is 1. The van der Waals surface area contributed by atoms with Gasteiger partial charge in [0, 0.05) is 32.4 Å². The second-order valence-corrected chi connectivity index (χ2v) is 9.03. The predicted octanol–water partition coefficient (Wildman–Crippen LogP) is 3.10. The second kappa shape index (κ2) is 9.16. The van der Waals surface area contributed by atoms with E-state index in [1.807, 2.05) is 0 Å². The minimum Gasteiger partial charge on any atom is -0.467 e. The number of aromatic nitrogens is 1. The van der Waals surface area contributed by atoms with Crippen molar-refractivity contribution < 1.29 is 39.9 Å². The zero-order chi connectivity index (χ0) is 23.7. The third-order valence-electron chi connectivity index (χ3n) is 4.48. The van der Waals surface area contributed by atoms with Crippen LogP contribution in [0.15, 0.2) is 35.4 Å². The quantitative estimate of drug-likeness (QED) is 0.591. The third-order valence-corrected chi connectivity index (χ3v) is 6.65. The Balaban J connectivity index is 1.65. The SMILES string of the molecule is O=C(c1cnc(OCC(F)(F)F)c(Cl)c1)N1CCN(S(=O)(=O)c2ccc(F)c(F)c2)CC1. The molecule has 14 heteroatoms. The van der Waals surface area contributed by atoms with Crippen molar-refractivity contribution in [1.82, 2.24) is 14.2 Å². The summed E-state index contributed by atoms with van der Waals surface area (Å²) in [5.41, 5.74) is -0.0220. The van der Waals surface area contributed by atoms with E-state index in [1.165, 1.54) is 4.90 Å². The molecule has 3 rings (SSSR count). The summed E-state index contributed by atoms with van der Waals surface area (Å²) in [6, 6.07) is 3.34. The summed E-state index contributed by atoms with van der Waals surface area (Å²) >= 11 is 5.85. The van der Waals surface area contributed by atoms with Crippen molar-refractivity contribution in [3.05, 3.63) is 52.7 Å². The van der Waals surface area contributed by atoms with Gasteiger partial charge in [-0.3, -0.25) is 4.79 Å². The lowest BCUT2D eigenvalue weighted by atomic mass is 10.2. The number of benzene rings is 1. The second-order valence-electron chi connectivity index (χ2n) is 6.69. The van der Waals surface area contributed by atoms with E-state index < -0.39 is 51.1 Å². The summed E-state index contributed by atoms with van der Waals surface area (Å²) in [4.78, 5) is 17.2. The van der Waals surface area contributed by atoms with Crippen molar-refractivity contribution in [3.8, 4) is 5.88 Å². The summed E-state index contributed by atoms with van der Waals surface area (Å²) < 4.78 is 94.0. The zero-order valence-electron chi connectivity index (χ0n) is 16.1. The van der Waals surface area contributed by atoms with Gasteiger partial charge < -0.3 is 9.64 Å². The van der Waals surface area contributed by atoms with Crippen molar-refractivity contribution in [2.24, 2.45) is 0 Å². The number of sulfonamides is 1. The Morgan fingerprint density at radius 3 is 2.31 bits per heavy atom. The molecular formula is C18H15ClF5N3O4S. The van der Waals surface area contributed by atoms with Gasteiger partial charge in [0.25, 0.3) is 5.91 Å². The summed E-state index contributed by atoms with van der Waals surface area (Å²) in [6.45, 7) is -1.86. The van der Waals surface area contributed by atoms with Crippen molar-refractivity contribution in [2.75, 3.05) is 32.8 Å². The first-order valence-electron chi connectivity index (χ1n) is 8.98. The number of piperazine rings is 1. The smallest absolute Gasteiger partial charge is 0.422 e. The molecule has 0 atom stereocenters. The molecule has 1 aromatic heterocycles. The topological polar surface area (TPSA) is 79.8 Å². The summed E-state index contributed by atoms with van der Waals surface area (Å²) in [7, 11) is -4.10. The van der Waals surface area contributed by atoms with Crippen LogP contribution in [-0.4, -0.2) is 67.5 Å². The highest BCUT2D eigenvalue weighted by Gasteiger charge is 2.32. The molecule has 0 saturated carbocycles. The lowest BCUT2D eigenvalue weighted by molar-refractivity contribution is -0.154. The number of carbonyl (C=O) groups is 1. The first-order valence-corrected chi connectivity index (χ1v) is 10.8. The van der Waals surface area contributed by atoms with E-state index in [-0.39, 0.29) is 36.8 Å². The molecule has 0 N–H and O–H groups in total. The van der Waals surface area contributed by atoms with E-state index in [4.69, 9.17) is 11.6 Å². The number of hydrogen-bond donors (Lipinski definition) is 0. The fourth-order valence-corrected chi connectivity index (χ4v) is 4.55. The Morgan fingerprint density at radius 2 is 1.75 bits per heavy atom. The molecule has 0 unspecified atom stereocenters. The Kier molecular flexibility index (Phi) is 6.91. The van der Waals surface area contributed by atoms with Crippen LogP contribution in [0.1, 0.15) is 10.4 Å². The number of halogens is 6. The number of carbonyl (C=O) groups excluding carboxylic acids is 1. The Bertz CT molecular complexity index is 1120. The van der Waals surface area contributed by atoms with Crippen LogP contribution in [0.2, 0.25) is 5.02 Å². The van der Waals surface area contributed by atoms with Gasteiger partial charge >= 0.3 is 6.18 Å². The number of nitrogens with zero attached hydrogens (tertiary/aromatic N) is 3. The average Bonchev–Trinajstić information content (AvgIpc) is 2.73.